The minimum Gasteiger partial charge on any atom is -0.489 e. The number of aryl methyl sites for hydroxylation is 1. The number of benzene rings is 2. The zero-order valence-corrected chi connectivity index (χ0v) is 19.9. The molecule has 0 aromatic heterocycles. The van der Waals surface area contributed by atoms with Crippen LogP contribution in [0.25, 0.3) is 0 Å². The van der Waals surface area contributed by atoms with Gasteiger partial charge in [-0.25, -0.2) is 4.79 Å². The third-order valence-electron chi connectivity index (χ3n) is 4.88. The molecule has 6 N–H and O–H groups in total. The van der Waals surface area contributed by atoms with E-state index in [0.717, 1.165) is 5.56 Å². The number of carboxylic acids is 2. The molecule has 0 unspecified atom stereocenters. The third-order valence-corrected chi connectivity index (χ3v) is 6.00. The molecule has 35 heavy (non-hydrogen) atoms. The first-order valence-electron chi connectivity index (χ1n) is 10.1. The summed E-state index contributed by atoms with van der Waals surface area (Å²) in [6.45, 7) is -0.108. The van der Waals surface area contributed by atoms with Crippen LogP contribution in [-0.4, -0.2) is 49.2 Å². The van der Waals surface area contributed by atoms with E-state index < -0.39 is 40.6 Å². The Balaban J connectivity index is 0.00000432. The van der Waals surface area contributed by atoms with E-state index >= 15 is 0 Å². The molecule has 12 nitrogen and oxygen atoms in total. The number of halogens is 1. The van der Waals surface area contributed by atoms with E-state index in [-0.39, 0.29) is 37.1 Å². The predicted octanol–water partition coefficient (Wildman–Crippen LogP) is 1.09. The quantitative estimate of drug-likeness (QED) is 0.187. The van der Waals surface area contributed by atoms with Crippen LogP contribution < -0.4 is 24.7 Å². The Morgan fingerprint density at radius 1 is 1.17 bits per heavy atom. The minimum atomic E-state index is -4.40. The molecule has 0 saturated carbocycles. The topological polar surface area (TPSA) is 194 Å². The van der Waals surface area contributed by atoms with Crippen molar-refractivity contribution in [2.75, 3.05) is 12.3 Å². The minimum absolute atomic E-state index is 0. The van der Waals surface area contributed by atoms with Gasteiger partial charge in [0.2, 0.25) is 0 Å². The number of rotatable bonds is 8. The van der Waals surface area contributed by atoms with Crippen LogP contribution in [0.15, 0.2) is 36.4 Å². The molecule has 2 aromatic rings. The van der Waals surface area contributed by atoms with Gasteiger partial charge in [-0.15, -0.1) is 12.4 Å². The molecule has 190 valence electrons. The number of anilines is 1. The van der Waals surface area contributed by atoms with Gasteiger partial charge >= 0.3 is 17.9 Å². The molecule has 1 aliphatic heterocycles. The number of para-hydroxylation sites is 1. The van der Waals surface area contributed by atoms with Gasteiger partial charge in [-0.05, 0) is 42.7 Å². The summed E-state index contributed by atoms with van der Waals surface area (Å²) in [6.07, 6.45) is 0.104. The highest BCUT2D eigenvalue weighted by Gasteiger charge is 2.27. The summed E-state index contributed by atoms with van der Waals surface area (Å²) in [5.41, 5.74) is 7.73. The fraction of sp³-hybridized carbons (Fsp3) is 0.286. The Bertz CT molecular complexity index is 1220. The van der Waals surface area contributed by atoms with E-state index in [9.17, 15) is 22.8 Å². The molecule has 1 heterocycles. The monoisotopic (exact) mass is 529 g/mol. The smallest absolute Gasteiger partial charge is 0.343 e. The number of nitrogens with one attached hydrogen (secondary N) is 2. The van der Waals surface area contributed by atoms with E-state index in [2.05, 4.69) is 4.72 Å². The summed E-state index contributed by atoms with van der Waals surface area (Å²) < 4.78 is 39.8. The summed E-state index contributed by atoms with van der Waals surface area (Å²) in [5.74, 6) is -3.52. The second-order valence-corrected chi connectivity index (χ2v) is 8.96. The molecule has 0 aliphatic carbocycles. The first-order chi connectivity index (χ1) is 16.1. The largest absolute Gasteiger partial charge is 0.489 e. The van der Waals surface area contributed by atoms with Crippen molar-refractivity contribution in [3.8, 4) is 11.5 Å². The van der Waals surface area contributed by atoms with Crippen molar-refractivity contribution in [3.63, 3.8) is 0 Å². The molecule has 1 aliphatic rings. The average molecular weight is 530 g/mol. The molecule has 3 rings (SSSR count). The van der Waals surface area contributed by atoms with Crippen molar-refractivity contribution in [1.82, 2.24) is 9.44 Å². The lowest BCUT2D eigenvalue weighted by molar-refractivity contribution is -0.145. The van der Waals surface area contributed by atoms with Gasteiger partial charge in [-0.2, -0.15) is 17.9 Å². The second kappa shape index (κ2) is 11.8. The lowest BCUT2D eigenvalue weighted by Gasteiger charge is -2.19. The van der Waals surface area contributed by atoms with E-state index in [0.29, 0.717) is 29.7 Å². The Hall–Kier alpha value is -3.39. The average Bonchev–Trinajstić information content (AvgIpc) is 2.75. The number of aliphatic carboxylic acids is 2. The van der Waals surface area contributed by atoms with Crippen LogP contribution in [0.3, 0.4) is 0 Å². The highest BCUT2D eigenvalue weighted by Crippen LogP contribution is 2.33. The molecule has 2 aromatic carbocycles. The highest BCUT2D eigenvalue weighted by molar-refractivity contribution is 7.87. The zero-order valence-electron chi connectivity index (χ0n) is 18.2. The van der Waals surface area contributed by atoms with Crippen molar-refractivity contribution in [2.45, 2.75) is 31.8 Å². The van der Waals surface area contributed by atoms with Crippen molar-refractivity contribution in [3.05, 3.63) is 53.1 Å². The van der Waals surface area contributed by atoms with Crippen molar-refractivity contribution >= 4 is 46.2 Å². The Morgan fingerprint density at radius 2 is 1.91 bits per heavy atom. The maximum Gasteiger partial charge on any atom is 0.343 e. The Labute approximate surface area is 207 Å². The Morgan fingerprint density at radius 3 is 2.60 bits per heavy atom. The predicted molar refractivity (Wildman–Crippen MR) is 126 cm³/mol. The molecule has 0 radical (unpaired) electrons. The zero-order chi connectivity index (χ0) is 24.9. The molecule has 14 heteroatoms. The van der Waals surface area contributed by atoms with E-state index in [1.165, 1.54) is 12.1 Å². The van der Waals surface area contributed by atoms with Gasteiger partial charge < -0.3 is 25.4 Å². The number of fused-ring (bicyclic) bond motifs is 2. The van der Waals surface area contributed by atoms with Gasteiger partial charge in [0, 0.05) is 17.8 Å². The lowest BCUT2D eigenvalue weighted by atomic mass is 10.0. The first kappa shape index (κ1) is 27.9. The standard InChI is InChI=1S/C21H23N3O9S.ClH/c22-14-6-7-15-12(9-14)4-2-8-32-19-13(3-1-5-17(19)33-21(15)29)11-23-34(30,31)24-16(20(27)28)10-18(25)26;/h1,3,5-7,9,16,23-24H,2,4,8,10-11,22H2,(H,25,26)(H,27,28);1H/t16-;/m0./s1. The van der Waals surface area contributed by atoms with Crippen molar-refractivity contribution in [2.24, 2.45) is 0 Å². The van der Waals surface area contributed by atoms with Gasteiger partial charge in [0.15, 0.2) is 11.5 Å². The van der Waals surface area contributed by atoms with Crippen molar-refractivity contribution in [1.29, 1.82) is 0 Å². The number of hydrogen-bond donors (Lipinski definition) is 5. The van der Waals surface area contributed by atoms with E-state index in [1.807, 2.05) is 0 Å². The van der Waals surface area contributed by atoms with E-state index in [4.69, 9.17) is 25.4 Å². The van der Waals surface area contributed by atoms with Crippen LogP contribution in [0.1, 0.15) is 34.3 Å². The maximum atomic E-state index is 12.8. The van der Waals surface area contributed by atoms with Gasteiger partial charge in [-0.1, -0.05) is 12.1 Å². The number of carbonyl (C=O) groups is 3. The normalized spacial score (nSPS) is 14.2. The fourth-order valence-electron chi connectivity index (χ4n) is 3.31. The molecular weight excluding hydrogens is 506 g/mol. The van der Waals surface area contributed by atoms with Crippen LogP contribution in [0.2, 0.25) is 0 Å². The van der Waals surface area contributed by atoms with Crippen LogP contribution in [0.4, 0.5) is 5.69 Å². The Kier molecular flexibility index (Phi) is 9.42. The number of carboxylic acid groups (broad SMARTS) is 2. The second-order valence-electron chi connectivity index (χ2n) is 7.43. The number of nitrogens with two attached hydrogens (primary N) is 1. The number of nitrogen functional groups attached to an aromatic ring is 1. The van der Waals surface area contributed by atoms with Crippen LogP contribution in [-0.2, 0) is 32.8 Å². The first-order valence-corrected chi connectivity index (χ1v) is 11.6. The van der Waals surface area contributed by atoms with Gasteiger partial charge in [0.05, 0.1) is 18.6 Å². The maximum absolute atomic E-state index is 12.8. The molecule has 1 atom stereocenters. The molecular formula is C21H24ClN3O9S. The van der Waals surface area contributed by atoms with Crippen LogP contribution in [0, 0.1) is 0 Å². The summed E-state index contributed by atoms with van der Waals surface area (Å²) in [7, 11) is -4.40. The van der Waals surface area contributed by atoms with E-state index in [1.54, 1.807) is 29.0 Å². The van der Waals surface area contributed by atoms with Crippen LogP contribution in [0.5, 0.6) is 11.5 Å². The number of hydrogen-bond acceptors (Lipinski definition) is 8. The third kappa shape index (κ3) is 7.55. The fourth-order valence-corrected chi connectivity index (χ4v) is 4.30. The summed E-state index contributed by atoms with van der Waals surface area (Å²) >= 11 is 0. The summed E-state index contributed by atoms with van der Waals surface area (Å²) in [5, 5.41) is 17.8. The number of ether oxygens (including phenoxy) is 2. The van der Waals surface area contributed by atoms with Gasteiger partial charge in [-0.3, -0.25) is 9.59 Å². The molecule has 0 fully saturated rings. The number of carbonyl (C=O) groups excluding carboxylic acids is 1. The number of esters is 1. The lowest BCUT2D eigenvalue weighted by Crippen LogP contribution is -2.47. The van der Waals surface area contributed by atoms with Crippen molar-refractivity contribution < 1.29 is 42.5 Å². The van der Waals surface area contributed by atoms with Gasteiger partial charge in [0.25, 0.3) is 10.2 Å². The molecule has 0 bridgehead atoms. The van der Waals surface area contributed by atoms with Crippen LogP contribution >= 0.6 is 12.4 Å². The highest BCUT2D eigenvalue weighted by atomic mass is 35.5. The molecule has 0 amide bonds. The molecule has 0 saturated heterocycles. The SMILES string of the molecule is Cl.Nc1ccc2c(c1)CCCOc1c(CNS(=O)(=O)N[C@@H](CC(=O)O)C(=O)O)cccc1OC2=O. The van der Waals surface area contributed by atoms with Gasteiger partial charge in [0.1, 0.15) is 6.04 Å². The summed E-state index contributed by atoms with van der Waals surface area (Å²) in [4.78, 5) is 34.7. The summed E-state index contributed by atoms with van der Waals surface area (Å²) in [6, 6.07) is 7.59. The molecule has 0 spiro atoms.